The van der Waals surface area contributed by atoms with E-state index < -0.39 is 0 Å². The second-order valence-electron chi connectivity index (χ2n) is 2.56. The first-order valence-electron chi connectivity index (χ1n) is 4.11. The minimum atomic E-state index is 0.334. The molecule has 1 unspecified atom stereocenters. The van der Waals surface area contributed by atoms with Gasteiger partial charge in [-0.15, -0.1) is 0 Å². The van der Waals surface area contributed by atoms with Crippen molar-refractivity contribution >= 4 is 11.8 Å². The molecule has 0 saturated carbocycles. The van der Waals surface area contributed by atoms with Gasteiger partial charge in [-0.3, -0.25) is 10.3 Å². The summed E-state index contributed by atoms with van der Waals surface area (Å²) in [5.74, 6) is 0. The molecular weight excluding hydrogens is 158 g/mol. The lowest BCUT2D eigenvalue weighted by Crippen LogP contribution is -2.07. The van der Waals surface area contributed by atoms with Crippen molar-refractivity contribution in [2.45, 2.75) is 38.5 Å². The van der Waals surface area contributed by atoms with E-state index in [-0.39, 0.29) is 0 Å². The summed E-state index contributed by atoms with van der Waals surface area (Å²) < 4.78 is 0. The summed E-state index contributed by atoms with van der Waals surface area (Å²) in [6.45, 7) is 4.21. The van der Waals surface area contributed by atoms with E-state index in [9.17, 15) is 0 Å². The molecule has 1 N–H and O–H groups in total. The van der Waals surface area contributed by atoms with Crippen LogP contribution >= 0.6 is 11.8 Å². The van der Waals surface area contributed by atoms with Gasteiger partial charge in [-0.05, 0) is 13.3 Å². The summed E-state index contributed by atoms with van der Waals surface area (Å²) in [4.78, 5) is 5.30. The molecule has 0 bridgehead atoms. The molecule has 0 amide bonds. The van der Waals surface area contributed by atoms with Crippen LogP contribution in [0.2, 0.25) is 0 Å². The maximum Gasteiger partial charge on any atom is 0.136 e. The van der Waals surface area contributed by atoms with Gasteiger partial charge in [0, 0.05) is 0 Å². The van der Waals surface area contributed by atoms with Crippen molar-refractivity contribution in [2.24, 2.45) is 0 Å². The zero-order chi connectivity index (χ0) is 8.10. The summed E-state index contributed by atoms with van der Waals surface area (Å²) in [6.07, 6.45) is 5.67. The van der Waals surface area contributed by atoms with Crippen LogP contribution in [-0.4, -0.2) is 5.44 Å². The van der Waals surface area contributed by atoms with Gasteiger partial charge in [0.25, 0.3) is 0 Å². The number of unbranched alkanes of at least 4 members (excludes halogenated alkanes) is 1. The minimum absolute atomic E-state index is 0.334. The SMILES string of the molecule is C/C=C1/NOC(CCCC)S1. The van der Waals surface area contributed by atoms with E-state index >= 15 is 0 Å². The van der Waals surface area contributed by atoms with Crippen LogP contribution in [0, 0.1) is 0 Å². The number of hydrogen-bond donors (Lipinski definition) is 1. The van der Waals surface area contributed by atoms with Gasteiger partial charge in [-0.1, -0.05) is 37.6 Å². The van der Waals surface area contributed by atoms with Gasteiger partial charge in [0.2, 0.25) is 0 Å². The number of rotatable bonds is 3. The highest BCUT2D eigenvalue weighted by Crippen LogP contribution is 2.29. The predicted molar refractivity (Wildman–Crippen MR) is 48.9 cm³/mol. The number of hydroxylamine groups is 1. The molecule has 0 aromatic rings. The van der Waals surface area contributed by atoms with Gasteiger partial charge in [0.1, 0.15) is 5.44 Å². The summed E-state index contributed by atoms with van der Waals surface area (Å²) in [7, 11) is 0. The second-order valence-corrected chi connectivity index (χ2v) is 3.76. The van der Waals surface area contributed by atoms with Crippen molar-refractivity contribution in [3.8, 4) is 0 Å². The first kappa shape index (κ1) is 8.94. The van der Waals surface area contributed by atoms with Gasteiger partial charge in [0.15, 0.2) is 0 Å². The Labute approximate surface area is 72.3 Å². The molecule has 11 heavy (non-hydrogen) atoms. The minimum Gasteiger partial charge on any atom is -0.261 e. The molecule has 0 aromatic heterocycles. The van der Waals surface area contributed by atoms with Crippen molar-refractivity contribution in [3.05, 3.63) is 11.1 Å². The summed E-state index contributed by atoms with van der Waals surface area (Å²) in [6, 6.07) is 0. The molecule has 1 atom stereocenters. The maximum absolute atomic E-state index is 5.30. The molecule has 2 nitrogen and oxygen atoms in total. The second kappa shape index (κ2) is 4.67. The largest absolute Gasteiger partial charge is 0.261 e. The average molecular weight is 173 g/mol. The van der Waals surface area contributed by atoms with Crippen LogP contribution in [0.4, 0.5) is 0 Å². The highest BCUT2D eigenvalue weighted by Gasteiger charge is 2.18. The topological polar surface area (TPSA) is 21.3 Å². The quantitative estimate of drug-likeness (QED) is 0.709. The fourth-order valence-electron chi connectivity index (χ4n) is 0.929. The highest BCUT2D eigenvalue weighted by atomic mass is 32.2. The summed E-state index contributed by atoms with van der Waals surface area (Å²) >= 11 is 1.78. The molecule has 0 radical (unpaired) electrons. The third kappa shape index (κ3) is 2.75. The van der Waals surface area contributed by atoms with E-state index in [2.05, 4.69) is 12.4 Å². The van der Waals surface area contributed by atoms with Crippen molar-refractivity contribution < 1.29 is 4.84 Å². The van der Waals surface area contributed by atoms with Crippen LogP contribution in [0.5, 0.6) is 0 Å². The molecule has 0 aliphatic carbocycles. The molecule has 64 valence electrons. The van der Waals surface area contributed by atoms with Crippen LogP contribution in [0.3, 0.4) is 0 Å². The molecule has 1 heterocycles. The molecule has 0 spiro atoms. The fourth-order valence-corrected chi connectivity index (χ4v) is 1.83. The lowest BCUT2D eigenvalue weighted by Gasteiger charge is -2.02. The normalized spacial score (nSPS) is 27.5. The zero-order valence-corrected chi connectivity index (χ0v) is 7.91. The number of allylic oxidation sites excluding steroid dienone is 1. The van der Waals surface area contributed by atoms with Crippen LogP contribution in [0.15, 0.2) is 11.1 Å². The van der Waals surface area contributed by atoms with Crippen LogP contribution in [0.1, 0.15) is 33.1 Å². The van der Waals surface area contributed by atoms with Crippen LogP contribution in [-0.2, 0) is 4.84 Å². The van der Waals surface area contributed by atoms with Crippen molar-refractivity contribution in [3.63, 3.8) is 0 Å². The molecule has 1 aliphatic rings. The molecule has 0 aromatic carbocycles. The lowest BCUT2D eigenvalue weighted by atomic mass is 10.3. The van der Waals surface area contributed by atoms with Gasteiger partial charge in [0.05, 0.1) is 5.03 Å². The summed E-state index contributed by atoms with van der Waals surface area (Å²) in [5.41, 5.74) is 3.22. The Kier molecular flexibility index (Phi) is 3.80. The van der Waals surface area contributed by atoms with Gasteiger partial charge in [-0.25, -0.2) is 0 Å². The monoisotopic (exact) mass is 173 g/mol. The zero-order valence-electron chi connectivity index (χ0n) is 7.09. The Morgan fingerprint density at radius 2 is 2.55 bits per heavy atom. The van der Waals surface area contributed by atoms with Crippen LogP contribution < -0.4 is 5.48 Å². The Bertz CT molecular complexity index is 147. The smallest absolute Gasteiger partial charge is 0.136 e. The Balaban J connectivity index is 2.19. The van der Waals surface area contributed by atoms with E-state index in [0.29, 0.717) is 5.44 Å². The van der Waals surface area contributed by atoms with E-state index in [1.165, 1.54) is 12.8 Å². The Morgan fingerprint density at radius 3 is 3.09 bits per heavy atom. The molecule has 1 rings (SSSR count). The van der Waals surface area contributed by atoms with E-state index in [1.54, 1.807) is 11.8 Å². The fraction of sp³-hybridized carbons (Fsp3) is 0.750. The van der Waals surface area contributed by atoms with Gasteiger partial charge >= 0.3 is 0 Å². The molecular formula is C8H15NOS. The van der Waals surface area contributed by atoms with E-state index in [0.717, 1.165) is 11.4 Å². The van der Waals surface area contributed by atoms with Gasteiger partial charge in [-0.2, -0.15) is 0 Å². The highest BCUT2D eigenvalue weighted by molar-refractivity contribution is 8.03. The molecule has 1 fully saturated rings. The number of hydrogen-bond acceptors (Lipinski definition) is 3. The molecule has 3 heteroatoms. The Morgan fingerprint density at radius 1 is 1.73 bits per heavy atom. The van der Waals surface area contributed by atoms with Gasteiger partial charge < -0.3 is 0 Å². The first-order chi connectivity index (χ1) is 5.36. The number of nitrogens with one attached hydrogen (secondary N) is 1. The third-order valence-corrected chi connectivity index (χ3v) is 2.77. The third-order valence-electron chi connectivity index (χ3n) is 1.60. The maximum atomic E-state index is 5.30. The number of thioether (sulfide) groups is 1. The molecule has 1 aliphatic heterocycles. The molecule has 1 saturated heterocycles. The van der Waals surface area contributed by atoms with Crippen molar-refractivity contribution in [2.75, 3.05) is 0 Å². The van der Waals surface area contributed by atoms with Crippen LogP contribution in [0.25, 0.3) is 0 Å². The average Bonchev–Trinajstić information content (AvgIpc) is 2.48. The standard InChI is InChI=1S/C8H15NOS/c1-3-5-6-8-10-9-7(4-2)11-8/h4,8-9H,3,5-6H2,1-2H3/b7-4-. The van der Waals surface area contributed by atoms with E-state index in [4.69, 9.17) is 4.84 Å². The van der Waals surface area contributed by atoms with Crippen molar-refractivity contribution in [1.29, 1.82) is 0 Å². The Hall–Kier alpha value is -0.150. The predicted octanol–water partition coefficient (Wildman–Crippen LogP) is 2.63. The summed E-state index contributed by atoms with van der Waals surface area (Å²) in [5, 5.41) is 1.14. The van der Waals surface area contributed by atoms with Crippen molar-refractivity contribution in [1.82, 2.24) is 5.48 Å². The van der Waals surface area contributed by atoms with E-state index in [1.807, 2.05) is 13.0 Å². The lowest BCUT2D eigenvalue weighted by molar-refractivity contribution is 0.0574. The first-order valence-corrected chi connectivity index (χ1v) is 4.99.